The number of aliphatic hydroxyl groups excluding tert-OH is 1. The summed E-state index contributed by atoms with van der Waals surface area (Å²) in [6, 6.07) is 0. The highest BCUT2D eigenvalue weighted by molar-refractivity contribution is 6.30. The number of nitrogens with zero attached hydrogens (tertiary/aromatic N) is 2. The zero-order chi connectivity index (χ0) is 13.4. The molecule has 0 aromatic carbocycles. The van der Waals surface area contributed by atoms with Crippen LogP contribution in [0.25, 0.3) is 0 Å². The lowest BCUT2D eigenvalue weighted by atomic mass is 10.3. The summed E-state index contributed by atoms with van der Waals surface area (Å²) in [5.74, 6) is 1.51. The molecule has 0 aliphatic heterocycles. The van der Waals surface area contributed by atoms with Gasteiger partial charge in [-0.05, 0) is 13.3 Å². The Morgan fingerprint density at radius 3 is 2.78 bits per heavy atom. The van der Waals surface area contributed by atoms with Crippen LogP contribution < -0.4 is 5.32 Å². The number of rotatable bonds is 8. The van der Waals surface area contributed by atoms with Crippen LogP contribution in [0.1, 0.15) is 24.7 Å². The molecular weight excluding hydrogens is 254 g/mol. The summed E-state index contributed by atoms with van der Waals surface area (Å²) in [7, 11) is 0. The van der Waals surface area contributed by atoms with Crippen molar-refractivity contribution in [1.29, 1.82) is 0 Å². The van der Waals surface area contributed by atoms with E-state index in [1.807, 2.05) is 6.92 Å². The fourth-order valence-corrected chi connectivity index (χ4v) is 1.64. The number of aromatic nitrogens is 2. The fourth-order valence-electron chi connectivity index (χ4n) is 1.45. The molecular formula is C12H20ClN3O2. The number of anilines is 1. The Kier molecular flexibility index (Phi) is 6.93. The van der Waals surface area contributed by atoms with Crippen molar-refractivity contribution < 1.29 is 9.84 Å². The summed E-state index contributed by atoms with van der Waals surface area (Å²) < 4.78 is 5.16. The molecule has 0 spiro atoms. The van der Waals surface area contributed by atoms with Crippen LogP contribution in [0.15, 0.2) is 0 Å². The van der Waals surface area contributed by atoms with Gasteiger partial charge in [-0.1, -0.05) is 18.5 Å². The van der Waals surface area contributed by atoms with Gasteiger partial charge >= 0.3 is 0 Å². The normalized spacial score (nSPS) is 10.7. The summed E-state index contributed by atoms with van der Waals surface area (Å²) in [6.45, 7) is 5.50. The van der Waals surface area contributed by atoms with Crippen molar-refractivity contribution in [2.75, 3.05) is 31.7 Å². The lowest BCUT2D eigenvalue weighted by Gasteiger charge is -2.11. The SMILES string of the molecule is CCCc1nc(Cl)c(C)c(NCCOCCO)n1. The van der Waals surface area contributed by atoms with E-state index in [1.165, 1.54) is 0 Å². The van der Waals surface area contributed by atoms with E-state index < -0.39 is 0 Å². The van der Waals surface area contributed by atoms with Gasteiger partial charge < -0.3 is 15.2 Å². The van der Waals surface area contributed by atoms with Crippen LogP contribution in [0, 0.1) is 6.92 Å². The molecule has 0 saturated heterocycles. The van der Waals surface area contributed by atoms with Crippen molar-refractivity contribution in [3.8, 4) is 0 Å². The second kappa shape index (κ2) is 8.24. The molecule has 0 radical (unpaired) electrons. The van der Waals surface area contributed by atoms with Gasteiger partial charge in [0.1, 0.15) is 16.8 Å². The first kappa shape index (κ1) is 15.1. The summed E-state index contributed by atoms with van der Waals surface area (Å²) in [5, 5.41) is 12.2. The van der Waals surface area contributed by atoms with Crippen LogP contribution in [-0.2, 0) is 11.2 Å². The minimum absolute atomic E-state index is 0.0407. The van der Waals surface area contributed by atoms with Crippen molar-refractivity contribution in [2.24, 2.45) is 0 Å². The quantitative estimate of drug-likeness (QED) is 0.559. The van der Waals surface area contributed by atoms with E-state index in [0.29, 0.717) is 24.9 Å². The summed E-state index contributed by atoms with van der Waals surface area (Å²) in [6.07, 6.45) is 1.80. The molecule has 0 fully saturated rings. The zero-order valence-corrected chi connectivity index (χ0v) is 11.6. The van der Waals surface area contributed by atoms with Gasteiger partial charge in [0.05, 0.1) is 19.8 Å². The Balaban J connectivity index is 2.57. The van der Waals surface area contributed by atoms with Gasteiger partial charge in [0, 0.05) is 18.5 Å². The third kappa shape index (κ3) is 4.76. The van der Waals surface area contributed by atoms with Gasteiger partial charge in [0.15, 0.2) is 0 Å². The molecule has 0 amide bonds. The fraction of sp³-hybridized carbons (Fsp3) is 0.667. The van der Waals surface area contributed by atoms with Crippen LogP contribution in [0.5, 0.6) is 0 Å². The standard InChI is InChI=1S/C12H20ClN3O2/c1-3-4-10-15-11(13)9(2)12(16-10)14-5-7-18-8-6-17/h17H,3-8H2,1-2H3,(H,14,15,16). The molecule has 0 aliphatic rings. The van der Waals surface area contributed by atoms with Gasteiger partial charge in [-0.2, -0.15) is 0 Å². The molecule has 0 atom stereocenters. The predicted octanol–water partition coefficient (Wildman–Crippen LogP) is 1.81. The number of hydrogen-bond acceptors (Lipinski definition) is 5. The Bertz CT molecular complexity index is 375. The molecule has 1 rings (SSSR count). The summed E-state index contributed by atoms with van der Waals surface area (Å²) in [4.78, 5) is 8.66. The van der Waals surface area contributed by atoms with Crippen LogP contribution in [0.3, 0.4) is 0 Å². The molecule has 0 unspecified atom stereocenters. The maximum atomic E-state index is 8.58. The molecule has 6 heteroatoms. The van der Waals surface area contributed by atoms with Gasteiger partial charge in [-0.15, -0.1) is 0 Å². The van der Waals surface area contributed by atoms with Crippen molar-refractivity contribution in [3.05, 3.63) is 16.5 Å². The number of halogens is 1. The van der Waals surface area contributed by atoms with Gasteiger partial charge in [0.2, 0.25) is 0 Å². The Hall–Kier alpha value is -0.910. The van der Waals surface area contributed by atoms with Crippen LogP contribution in [0.4, 0.5) is 5.82 Å². The van der Waals surface area contributed by atoms with Crippen LogP contribution >= 0.6 is 11.6 Å². The molecule has 1 aromatic heterocycles. The third-order valence-corrected chi connectivity index (χ3v) is 2.75. The van der Waals surface area contributed by atoms with Crippen molar-refractivity contribution in [3.63, 3.8) is 0 Å². The number of aryl methyl sites for hydroxylation is 1. The first-order valence-corrected chi connectivity index (χ1v) is 6.52. The molecule has 0 aliphatic carbocycles. The van der Waals surface area contributed by atoms with E-state index in [0.717, 1.165) is 30.0 Å². The van der Waals surface area contributed by atoms with Crippen molar-refractivity contribution in [1.82, 2.24) is 9.97 Å². The predicted molar refractivity (Wildman–Crippen MR) is 72.2 cm³/mol. The highest BCUT2D eigenvalue weighted by Gasteiger charge is 2.08. The second-order valence-electron chi connectivity index (χ2n) is 3.92. The van der Waals surface area contributed by atoms with Gasteiger partial charge in [-0.3, -0.25) is 0 Å². The van der Waals surface area contributed by atoms with Crippen LogP contribution in [0.2, 0.25) is 5.15 Å². The molecule has 2 N–H and O–H groups in total. The van der Waals surface area contributed by atoms with E-state index in [9.17, 15) is 0 Å². The number of aliphatic hydroxyl groups is 1. The molecule has 0 bridgehead atoms. The minimum Gasteiger partial charge on any atom is -0.394 e. The lowest BCUT2D eigenvalue weighted by Crippen LogP contribution is -2.14. The Morgan fingerprint density at radius 1 is 1.33 bits per heavy atom. The largest absolute Gasteiger partial charge is 0.394 e. The third-order valence-electron chi connectivity index (χ3n) is 2.38. The highest BCUT2D eigenvalue weighted by Crippen LogP contribution is 2.20. The first-order chi connectivity index (χ1) is 8.69. The van der Waals surface area contributed by atoms with E-state index in [1.54, 1.807) is 0 Å². The summed E-state index contributed by atoms with van der Waals surface area (Å²) >= 11 is 6.06. The smallest absolute Gasteiger partial charge is 0.137 e. The molecule has 102 valence electrons. The Labute approximate surface area is 113 Å². The lowest BCUT2D eigenvalue weighted by molar-refractivity contribution is 0.0992. The maximum absolute atomic E-state index is 8.58. The summed E-state index contributed by atoms with van der Waals surface area (Å²) in [5.41, 5.74) is 0.846. The monoisotopic (exact) mass is 273 g/mol. The van der Waals surface area contributed by atoms with Crippen molar-refractivity contribution in [2.45, 2.75) is 26.7 Å². The molecule has 1 heterocycles. The number of hydrogen-bond donors (Lipinski definition) is 2. The average Bonchev–Trinajstić information content (AvgIpc) is 2.35. The van der Waals surface area contributed by atoms with Crippen molar-refractivity contribution >= 4 is 17.4 Å². The van der Waals surface area contributed by atoms with Gasteiger partial charge in [0.25, 0.3) is 0 Å². The number of ether oxygens (including phenoxy) is 1. The van der Waals surface area contributed by atoms with E-state index in [2.05, 4.69) is 22.2 Å². The van der Waals surface area contributed by atoms with E-state index in [-0.39, 0.29) is 6.61 Å². The maximum Gasteiger partial charge on any atom is 0.137 e. The molecule has 1 aromatic rings. The average molecular weight is 274 g/mol. The Morgan fingerprint density at radius 2 is 2.11 bits per heavy atom. The zero-order valence-electron chi connectivity index (χ0n) is 10.9. The molecule has 5 nitrogen and oxygen atoms in total. The van der Waals surface area contributed by atoms with Crippen LogP contribution in [-0.4, -0.2) is 41.4 Å². The topological polar surface area (TPSA) is 67.3 Å². The number of nitrogens with one attached hydrogen (secondary N) is 1. The molecule has 0 saturated carbocycles. The van der Waals surface area contributed by atoms with E-state index >= 15 is 0 Å². The first-order valence-electron chi connectivity index (χ1n) is 6.14. The van der Waals surface area contributed by atoms with E-state index in [4.69, 9.17) is 21.4 Å². The minimum atomic E-state index is 0.0407. The molecule has 18 heavy (non-hydrogen) atoms. The highest BCUT2D eigenvalue weighted by atomic mass is 35.5. The second-order valence-corrected chi connectivity index (χ2v) is 4.28. The van der Waals surface area contributed by atoms with Gasteiger partial charge in [-0.25, -0.2) is 9.97 Å².